The molecule has 0 fully saturated rings. The zero-order chi connectivity index (χ0) is 12.7. The smallest absolute Gasteiger partial charge is 0.0898 e. The Bertz CT molecular complexity index is 307. The highest BCUT2D eigenvalue weighted by molar-refractivity contribution is 7.09. The molecule has 1 N–H and O–H groups in total. The molecule has 0 bridgehead atoms. The van der Waals surface area contributed by atoms with Crippen molar-refractivity contribution in [3.8, 4) is 0 Å². The number of hydrogen-bond donors (Lipinski definition) is 1. The molecule has 0 amide bonds. The predicted molar refractivity (Wildman–Crippen MR) is 76.6 cm³/mol. The van der Waals surface area contributed by atoms with E-state index >= 15 is 0 Å². The van der Waals surface area contributed by atoms with E-state index in [-0.39, 0.29) is 0 Å². The van der Waals surface area contributed by atoms with Gasteiger partial charge >= 0.3 is 0 Å². The van der Waals surface area contributed by atoms with Crippen molar-refractivity contribution in [3.05, 3.63) is 16.1 Å². The van der Waals surface area contributed by atoms with Crippen molar-refractivity contribution in [2.45, 2.75) is 59.4 Å². The van der Waals surface area contributed by atoms with Crippen LogP contribution in [0.3, 0.4) is 0 Å². The fourth-order valence-corrected chi connectivity index (χ4v) is 2.61. The Kier molecular flexibility index (Phi) is 6.75. The number of nitrogens with zero attached hydrogens (tertiary/aromatic N) is 1. The van der Waals surface area contributed by atoms with E-state index in [1.807, 2.05) is 0 Å². The summed E-state index contributed by atoms with van der Waals surface area (Å²) in [6.07, 6.45) is 4.99. The Balaban J connectivity index is 2.48. The molecule has 1 aromatic heterocycles. The van der Waals surface area contributed by atoms with Gasteiger partial charge in [0.15, 0.2) is 0 Å². The second-order valence-corrected chi connectivity index (χ2v) is 6.19. The van der Waals surface area contributed by atoms with Gasteiger partial charge in [-0.25, -0.2) is 4.98 Å². The number of nitrogens with one attached hydrogen (secondary N) is 1. The summed E-state index contributed by atoms with van der Waals surface area (Å²) in [4.78, 5) is 4.62. The van der Waals surface area contributed by atoms with E-state index < -0.39 is 0 Å². The summed E-state index contributed by atoms with van der Waals surface area (Å²) in [5.74, 6) is 0.805. The van der Waals surface area contributed by atoms with Gasteiger partial charge in [0.1, 0.15) is 0 Å². The van der Waals surface area contributed by atoms with Crippen LogP contribution in [0.25, 0.3) is 0 Å². The summed E-state index contributed by atoms with van der Waals surface area (Å²) in [6.45, 7) is 9.97. The molecule has 1 unspecified atom stereocenters. The molecule has 0 aliphatic carbocycles. The molecular formula is C14H26N2S. The minimum atomic E-state index is 0.457. The van der Waals surface area contributed by atoms with Gasteiger partial charge in [-0.3, -0.25) is 0 Å². The van der Waals surface area contributed by atoms with E-state index in [0.29, 0.717) is 6.04 Å². The first-order chi connectivity index (χ1) is 8.13. The van der Waals surface area contributed by atoms with Crippen molar-refractivity contribution >= 4 is 11.3 Å². The predicted octanol–water partition coefficient (Wildman–Crippen LogP) is 4.32. The molecule has 0 aliphatic rings. The van der Waals surface area contributed by atoms with E-state index in [0.717, 1.165) is 12.5 Å². The van der Waals surface area contributed by atoms with Crippen LogP contribution in [0.4, 0.5) is 0 Å². The third-order valence-corrected chi connectivity index (χ3v) is 3.70. The molecule has 0 aliphatic heterocycles. The van der Waals surface area contributed by atoms with Gasteiger partial charge in [-0.2, -0.15) is 0 Å². The maximum atomic E-state index is 4.62. The first kappa shape index (κ1) is 14.7. The average Bonchev–Trinajstić information content (AvgIpc) is 2.69. The van der Waals surface area contributed by atoms with Gasteiger partial charge in [-0.15, -0.1) is 11.3 Å². The lowest BCUT2D eigenvalue weighted by Crippen LogP contribution is -2.22. The number of thiazole rings is 1. The molecule has 0 radical (unpaired) electrons. The molecule has 1 rings (SSSR count). The highest BCUT2D eigenvalue weighted by Gasteiger charge is 2.13. The topological polar surface area (TPSA) is 24.9 Å². The van der Waals surface area contributed by atoms with E-state index in [2.05, 4.69) is 43.4 Å². The summed E-state index contributed by atoms with van der Waals surface area (Å²) in [5, 5.41) is 7.00. The molecular weight excluding hydrogens is 228 g/mol. The standard InChI is InChI=1S/C14H26N2S/c1-5-9-15-13(8-6-7-11(2)3)14-10-17-12(4)16-14/h10-11,13,15H,5-9H2,1-4H3. The molecule has 0 saturated heterocycles. The molecule has 98 valence electrons. The van der Waals surface area contributed by atoms with E-state index in [9.17, 15) is 0 Å². The maximum Gasteiger partial charge on any atom is 0.0898 e. The fraction of sp³-hybridized carbons (Fsp3) is 0.786. The number of rotatable bonds is 8. The van der Waals surface area contributed by atoms with Gasteiger partial charge in [-0.1, -0.05) is 33.6 Å². The monoisotopic (exact) mass is 254 g/mol. The molecule has 2 nitrogen and oxygen atoms in total. The lowest BCUT2D eigenvalue weighted by molar-refractivity contribution is 0.442. The van der Waals surface area contributed by atoms with Crippen LogP contribution in [0.15, 0.2) is 5.38 Å². The molecule has 1 atom stereocenters. The molecule has 1 aromatic rings. The van der Waals surface area contributed by atoms with Crippen LogP contribution < -0.4 is 5.32 Å². The Morgan fingerprint density at radius 2 is 2.12 bits per heavy atom. The van der Waals surface area contributed by atoms with Crippen molar-refractivity contribution in [2.24, 2.45) is 5.92 Å². The van der Waals surface area contributed by atoms with Crippen LogP contribution in [0.5, 0.6) is 0 Å². The van der Waals surface area contributed by atoms with Crippen LogP contribution >= 0.6 is 11.3 Å². The van der Waals surface area contributed by atoms with Crippen molar-refractivity contribution in [1.29, 1.82) is 0 Å². The SMILES string of the molecule is CCCNC(CCCC(C)C)c1csc(C)n1. The second kappa shape index (κ2) is 7.83. The molecule has 0 saturated carbocycles. The van der Waals surface area contributed by atoms with Gasteiger partial charge in [0.05, 0.1) is 16.7 Å². The minimum absolute atomic E-state index is 0.457. The van der Waals surface area contributed by atoms with E-state index in [1.165, 1.54) is 36.4 Å². The van der Waals surface area contributed by atoms with Crippen LogP contribution in [0.2, 0.25) is 0 Å². The lowest BCUT2D eigenvalue weighted by Gasteiger charge is -2.17. The number of aryl methyl sites for hydroxylation is 1. The third kappa shape index (κ3) is 5.64. The number of hydrogen-bond acceptors (Lipinski definition) is 3. The summed E-state index contributed by atoms with van der Waals surface area (Å²) < 4.78 is 0. The third-order valence-electron chi connectivity index (χ3n) is 2.91. The first-order valence-corrected chi connectivity index (χ1v) is 7.66. The van der Waals surface area contributed by atoms with Crippen molar-refractivity contribution in [1.82, 2.24) is 10.3 Å². The van der Waals surface area contributed by atoms with Gasteiger partial charge < -0.3 is 5.32 Å². The van der Waals surface area contributed by atoms with E-state index in [4.69, 9.17) is 0 Å². The van der Waals surface area contributed by atoms with Crippen LogP contribution in [0.1, 0.15) is 63.2 Å². The highest BCUT2D eigenvalue weighted by atomic mass is 32.1. The van der Waals surface area contributed by atoms with Crippen LogP contribution in [0, 0.1) is 12.8 Å². The molecule has 3 heteroatoms. The van der Waals surface area contributed by atoms with Gasteiger partial charge in [0.25, 0.3) is 0 Å². The van der Waals surface area contributed by atoms with Gasteiger partial charge in [-0.05, 0) is 32.2 Å². The Labute approximate surface area is 110 Å². The molecule has 0 spiro atoms. The summed E-state index contributed by atoms with van der Waals surface area (Å²) in [5.41, 5.74) is 1.24. The lowest BCUT2D eigenvalue weighted by atomic mass is 10.0. The average molecular weight is 254 g/mol. The first-order valence-electron chi connectivity index (χ1n) is 6.78. The molecule has 1 heterocycles. The van der Waals surface area contributed by atoms with Crippen LogP contribution in [-0.2, 0) is 0 Å². The summed E-state index contributed by atoms with van der Waals surface area (Å²) >= 11 is 1.75. The Hall–Kier alpha value is -0.410. The van der Waals surface area contributed by atoms with Crippen molar-refractivity contribution < 1.29 is 0 Å². The molecule has 0 aromatic carbocycles. The highest BCUT2D eigenvalue weighted by Crippen LogP contribution is 2.22. The second-order valence-electron chi connectivity index (χ2n) is 5.12. The van der Waals surface area contributed by atoms with Gasteiger partial charge in [0.2, 0.25) is 0 Å². The Morgan fingerprint density at radius 1 is 1.35 bits per heavy atom. The Morgan fingerprint density at radius 3 is 2.65 bits per heavy atom. The quantitative estimate of drug-likeness (QED) is 0.747. The number of aromatic nitrogens is 1. The van der Waals surface area contributed by atoms with Crippen molar-refractivity contribution in [2.75, 3.05) is 6.54 Å². The van der Waals surface area contributed by atoms with Crippen LogP contribution in [-0.4, -0.2) is 11.5 Å². The van der Waals surface area contributed by atoms with E-state index in [1.54, 1.807) is 11.3 Å². The summed E-state index contributed by atoms with van der Waals surface area (Å²) in [6, 6.07) is 0.457. The maximum absolute atomic E-state index is 4.62. The zero-order valence-corrected chi connectivity index (χ0v) is 12.4. The fourth-order valence-electron chi connectivity index (χ4n) is 1.94. The normalized spacial score (nSPS) is 13.2. The van der Waals surface area contributed by atoms with Gasteiger partial charge in [0, 0.05) is 5.38 Å². The minimum Gasteiger partial charge on any atom is -0.309 e. The largest absolute Gasteiger partial charge is 0.309 e. The zero-order valence-electron chi connectivity index (χ0n) is 11.6. The summed E-state index contributed by atoms with van der Waals surface area (Å²) in [7, 11) is 0. The van der Waals surface area contributed by atoms with Crippen molar-refractivity contribution in [3.63, 3.8) is 0 Å². The molecule has 17 heavy (non-hydrogen) atoms.